The number of benzene rings is 3. The first-order valence-corrected chi connectivity index (χ1v) is 13.4. The van der Waals surface area contributed by atoms with Gasteiger partial charge in [-0.15, -0.1) is 0 Å². The van der Waals surface area contributed by atoms with Crippen molar-refractivity contribution < 1.29 is 14.3 Å². The zero-order chi connectivity index (χ0) is 26.8. The van der Waals surface area contributed by atoms with E-state index < -0.39 is 11.9 Å². The normalized spacial score (nSPS) is 11.6. The van der Waals surface area contributed by atoms with Crippen LogP contribution < -0.4 is 10.1 Å². The summed E-state index contributed by atoms with van der Waals surface area (Å²) in [5.41, 5.74) is 1.45. The molecule has 0 radical (unpaired) electrons. The predicted molar refractivity (Wildman–Crippen MR) is 151 cm³/mol. The third-order valence-corrected chi connectivity index (χ3v) is 6.97. The van der Waals surface area contributed by atoms with Crippen LogP contribution in [0.25, 0.3) is 0 Å². The highest BCUT2D eigenvalue weighted by Crippen LogP contribution is 2.29. The van der Waals surface area contributed by atoms with Crippen LogP contribution in [0.2, 0.25) is 20.1 Å². The highest BCUT2D eigenvalue weighted by atomic mass is 35.5. The molecule has 0 bridgehead atoms. The molecular formula is C28H28Cl4N2O3. The molecule has 1 atom stereocenters. The Morgan fingerprint density at radius 3 is 2.27 bits per heavy atom. The molecule has 9 heteroatoms. The smallest absolute Gasteiger partial charge is 0.261 e. The Hall–Kier alpha value is -2.44. The topological polar surface area (TPSA) is 58.6 Å². The molecule has 3 aromatic rings. The summed E-state index contributed by atoms with van der Waals surface area (Å²) in [7, 11) is 0. The third-order valence-electron chi connectivity index (χ3n) is 5.74. The van der Waals surface area contributed by atoms with Gasteiger partial charge in [-0.3, -0.25) is 9.59 Å². The fourth-order valence-electron chi connectivity index (χ4n) is 3.73. The lowest BCUT2D eigenvalue weighted by Gasteiger charge is -2.32. The van der Waals surface area contributed by atoms with Gasteiger partial charge in [-0.05, 0) is 42.3 Å². The number of unbranched alkanes of at least 4 members (excludes halogenated alkanes) is 1. The van der Waals surface area contributed by atoms with Gasteiger partial charge in [-0.25, -0.2) is 0 Å². The summed E-state index contributed by atoms with van der Waals surface area (Å²) in [5, 5.41) is 4.49. The van der Waals surface area contributed by atoms with Crippen LogP contribution in [0.4, 0.5) is 0 Å². The number of halogens is 4. The van der Waals surface area contributed by atoms with E-state index in [-0.39, 0.29) is 24.1 Å². The minimum Gasteiger partial charge on any atom is -0.482 e. The minimum atomic E-state index is -0.830. The van der Waals surface area contributed by atoms with E-state index in [4.69, 9.17) is 51.1 Å². The van der Waals surface area contributed by atoms with E-state index in [1.807, 2.05) is 37.3 Å². The van der Waals surface area contributed by atoms with Crippen molar-refractivity contribution in [2.24, 2.45) is 0 Å². The quantitative estimate of drug-likeness (QED) is 0.229. The first kappa shape index (κ1) is 29.1. The Bertz CT molecular complexity index is 1190. The number of carbonyl (C=O) groups is 2. The molecule has 5 nitrogen and oxygen atoms in total. The molecule has 0 fully saturated rings. The Morgan fingerprint density at radius 2 is 1.62 bits per heavy atom. The summed E-state index contributed by atoms with van der Waals surface area (Å²) >= 11 is 25.1. The molecule has 0 aliphatic carbocycles. The largest absolute Gasteiger partial charge is 0.482 e. The predicted octanol–water partition coefficient (Wildman–Crippen LogP) is 7.24. The van der Waals surface area contributed by atoms with Crippen LogP contribution in [0, 0.1) is 0 Å². The van der Waals surface area contributed by atoms with Crippen molar-refractivity contribution in [1.82, 2.24) is 10.2 Å². The maximum absolute atomic E-state index is 13.7. The molecule has 1 N–H and O–H groups in total. The molecule has 0 spiro atoms. The molecule has 0 saturated heterocycles. The second-order valence-electron chi connectivity index (χ2n) is 8.44. The van der Waals surface area contributed by atoms with Crippen molar-refractivity contribution in [1.29, 1.82) is 0 Å². The van der Waals surface area contributed by atoms with E-state index in [9.17, 15) is 9.59 Å². The number of nitrogens with zero attached hydrogens (tertiary/aromatic N) is 1. The fourth-order valence-corrected chi connectivity index (χ4v) is 4.71. The van der Waals surface area contributed by atoms with Gasteiger partial charge in [-0.2, -0.15) is 0 Å². The van der Waals surface area contributed by atoms with Gasteiger partial charge in [0.25, 0.3) is 5.91 Å². The van der Waals surface area contributed by atoms with Gasteiger partial charge in [0.05, 0.1) is 5.02 Å². The zero-order valence-electron chi connectivity index (χ0n) is 20.4. The first-order valence-electron chi connectivity index (χ1n) is 11.9. The van der Waals surface area contributed by atoms with Gasteiger partial charge in [0.2, 0.25) is 5.91 Å². The molecular weight excluding hydrogens is 554 g/mol. The Labute approximate surface area is 237 Å². The average Bonchev–Trinajstić information content (AvgIpc) is 2.87. The summed E-state index contributed by atoms with van der Waals surface area (Å²) in [5.74, 6) is -0.380. The Morgan fingerprint density at radius 1 is 0.919 bits per heavy atom. The lowest BCUT2D eigenvalue weighted by atomic mass is 10.0. The molecule has 0 aliphatic rings. The second kappa shape index (κ2) is 14.5. The van der Waals surface area contributed by atoms with E-state index >= 15 is 0 Å². The summed E-state index contributed by atoms with van der Waals surface area (Å²) in [6.45, 7) is 2.22. The summed E-state index contributed by atoms with van der Waals surface area (Å²) < 4.78 is 5.73. The van der Waals surface area contributed by atoms with Gasteiger partial charge in [0.1, 0.15) is 11.8 Å². The van der Waals surface area contributed by atoms with E-state index in [2.05, 4.69) is 5.32 Å². The molecule has 37 heavy (non-hydrogen) atoms. The highest BCUT2D eigenvalue weighted by molar-refractivity contribution is 6.36. The van der Waals surface area contributed by atoms with Gasteiger partial charge in [0.15, 0.2) is 6.61 Å². The van der Waals surface area contributed by atoms with Crippen LogP contribution in [0.5, 0.6) is 5.75 Å². The highest BCUT2D eigenvalue weighted by Gasteiger charge is 2.31. The zero-order valence-corrected chi connectivity index (χ0v) is 23.4. The summed E-state index contributed by atoms with van der Waals surface area (Å²) in [6.07, 6.45) is 2.05. The summed E-state index contributed by atoms with van der Waals surface area (Å²) in [4.78, 5) is 28.6. The lowest BCUT2D eigenvalue weighted by molar-refractivity contribution is -0.142. The lowest BCUT2D eigenvalue weighted by Crippen LogP contribution is -2.52. The van der Waals surface area contributed by atoms with Gasteiger partial charge in [0, 0.05) is 40.1 Å². The average molecular weight is 582 g/mol. The van der Waals surface area contributed by atoms with Crippen LogP contribution in [0.3, 0.4) is 0 Å². The monoisotopic (exact) mass is 580 g/mol. The van der Waals surface area contributed by atoms with Crippen LogP contribution >= 0.6 is 46.4 Å². The molecule has 3 rings (SSSR count). The first-order chi connectivity index (χ1) is 17.8. The van der Waals surface area contributed by atoms with Gasteiger partial charge < -0.3 is 15.0 Å². The SMILES string of the molecule is CCCCNC(=O)[C@@H](Cc1ccccc1)N(Cc1c(Cl)cccc1Cl)C(=O)COc1ccc(Cl)cc1Cl. The molecule has 196 valence electrons. The van der Waals surface area contributed by atoms with Crippen LogP contribution in [-0.2, 0) is 22.6 Å². The maximum Gasteiger partial charge on any atom is 0.261 e. The number of amides is 2. The molecule has 0 aliphatic heterocycles. The number of nitrogens with one attached hydrogen (secondary N) is 1. The van der Waals surface area contributed by atoms with Crippen molar-refractivity contribution in [3.05, 3.63) is 97.9 Å². The molecule has 2 amide bonds. The standard InChI is InChI=1S/C28H28Cl4N2O3/c1-2-3-14-33-28(36)25(15-19-8-5-4-6-9-19)34(17-21-22(30)10-7-11-23(21)31)27(35)18-37-26-13-12-20(29)16-24(26)32/h4-13,16,25H,2-3,14-15,17-18H2,1H3,(H,33,36)/t25-/m1/s1. The Balaban J connectivity index is 1.94. The van der Waals surface area contributed by atoms with Crippen molar-refractivity contribution in [3.8, 4) is 5.75 Å². The van der Waals surface area contributed by atoms with Crippen molar-refractivity contribution in [2.45, 2.75) is 38.8 Å². The maximum atomic E-state index is 13.7. The molecule has 0 heterocycles. The van der Waals surface area contributed by atoms with Crippen molar-refractivity contribution in [2.75, 3.05) is 13.2 Å². The van der Waals surface area contributed by atoms with E-state index in [1.165, 1.54) is 11.0 Å². The number of rotatable bonds is 12. The Kier molecular flexibility index (Phi) is 11.4. The van der Waals surface area contributed by atoms with Crippen LogP contribution in [0.1, 0.15) is 30.9 Å². The van der Waals surface area contributed by atoms with Crippen molar-refractivity contribution >= 4 is 58.2 Å². The number of hydrogen-bond acceptors (Lipinski definition) is 3. The fraction of sp³-hybridized carbons (Fsp3) is 0.286. The van der Waals surface area contributed by atoms with Crippen LogP contribution in [0.15, 0.2) is 66.7 Å². The van der Waals surface area contributed by atoms with Crippen LogP contribution in [-0.4, -0.2) is 35.9 Å². The number of carbonyl (C=O) groups excluding carboxylic acids is 2. The number of ether oxygens (including phenoxy) is 1. The minimum absolute atomic E-state index is 0.0216. The van der Waals surface area contributed by atoms with Gasteiger partial charge >= 0.3 is 0 Å². The van der Waals surface area contributed by atoms with E-state index in [1.54, 1.807) is 30.3 Å². The molecule has 0 saturated carbocycles. The number of hydrogen-bond donors (Lipinski definition) is 1. The second-order valence-corrected chi connectivity index (χ2v) is 10.1. The molecule has 0 unspecified atom stereocenters. The third kappa shape index (κ3) is 8.54. The molecule has 0 aromatic heterocycles. The van der Waals surface area contributed by atoms with E-state index in [0.717, 1.165) is 18.4 Å². The molecule has 3 aromatic carbocycles. The van der Waals surface area contributed by atoms with Crippen molar-refractivity contribution in [3.63, 3.8) is 0 Å². The van der Waals surface area contributed by atoms with Gasteiger partial charge in [-0.1, -0.05) is 96.1 Å². The summed E-state index contributed by atoms with van der Waals surface area (Å²) in [6, 6.07) is 18.6. The van der Waals surface area contributed by atoms with E-state index in [0.29, 0.717) is 39.3 Å².